The molecule has 0 radical (unpaired) electrons. The Kier molecular flexibility index (Phi) is 6.38. The first-order chi connectivity index (χ1) is 17.7. The molecule has 0 spiro atoms. The molecule has 37 heavy (non-hydrogen) atoms. The van der Waals surface area contributed by atoms with E-state index in [0.29, 0.717) is 28.5 Å². The molecule has 11 heteroatoms. The van der Waals surface area contributed by atoms with Crippen LogP contribution in [0.15, 0.2) is 47.5 Å². The Morgan fingerprint density at radius 3 is 2.68 bits per heavy atom. The van der Waals surface area contributed by atoms with Crippen molar-refractivity contribution < 1.29 is 4.79 Å². The first kappa shape index (κ1) is 24.4. The van der Waals surface area contributed by atoms with Gasteiger partial charge in [0.2, 0.25) is 5.95 Å². The summed E-state index contributed by atoms with van der Waals surface area (Å²) in [4.78, 5) is 42.4. The summed E-state index contributed by atoms with van der Waals surface area (Å²) in [6.07, 6.45) is 4.19. The lowest BCUT2D eigenvalue weighted by molar-refractivity contribution is 0.225. The van der Waals surface area contributed by atoms with E-state index >= 15 is 0 Å². The summed E-state index contributed by atoms with van der Waals surface area (Å²) in [5.74, 6) is 0.843. The van der Waals surface area contributed by atoms with Gasteiger partial charge in [-0.25, -0.2) is 24.1 Å². The van der Waals surface area contributed by atoms with E-state index in [0.717, 1.165) is 25.2 Å². The van der Waals surface area contributed by atoms with E-state index in [1.807, 2.05) is 19.9 Å². The highest BCUT2D eigenvalue weighted by Crippen LogP contribution is 2.24. The minimum Gasteiger partial charge on any atom is -0.330 e. The Labute approximate surface area is 214 Å². The fourth-order valence-electron chi connectivity index (χ4n) is 4.58. The Morgan fingerprint density at radius 1 is 1.11 bits per heavy atom. The normalized spacial score (nSPS) is 13.0. The van der Waals surface area contributed by atoms with Gasteiger partial charge in [-0.2, -0.15) is 4.98 Å². The number of amides is 2. The summed E-state index contributed by atoms with van der Waals surface area (Å²) in [7, 11) is 5.03. The van der Waals surface area contributed by atoms with Crippen molar-refractivity contribution in [2.24, 2.45) is 0 Å². The topological polar surface area (TPSA) is 113 Å². The van der Waals surface area contributed by atoms with Crippen LogP contribution < -0.4 is 21.1 Å². The Balaban J connectivity index is 1.60. The third-order valence-corrected chi connectivity index (χ3v) is 6.45. The van der Waals surface area contributed by atoms with Crippen LogP contribution in [0.3, 0.4) is 0 Å². The predicted molar refractivity (Wildman–Crippen MR) is 144 cm³/mol. The van der Waals surface area contributed by atoms with E-state index in [9.17, 15) is 9.59 Å². The number of hydrogen-bond acceptors (Lipinski definition) is 7. The van der Waals surface area contributed by atoms with Crippen molar-refractivity contribution in [3.63, 3.8) is 0 Å². The summed E-state index contributed by atoms with van der Waals surface area (Å²) in [5, 5.41) is 7.10. The van der Waals surface area contributed by atoms with Crippen LogP contribution in [0.2, 0.25) is 0 Å². The summed E-state index contributed by atoms with van der Waals surface area (Å²) in [6.45, 7) is 5.69. The van der Waals surface area contributed by atoms with Crippen molar-refractivity contribution in [1.29, 1.82) is 0 Å². The number of pyridine rings is 1. The zero-order valence-electron chi connectivity index (χ0n) is 21.7. The first-order valence-electron chi connectivity index (χ1n) is 12.3. The third-order valence-electron chi connectivity index (χ3n) is 6.45. The number of hydrogen-bond donors (Lipinski definition) is 2. The zero-order valence-corrected chi connectivity index (χ0v) is 21.7. The molecule has 1 aliphatic heterocycles. The minimum atomic E-state index is -0.211. The van der Waals surface area contributed by atoms with Crippen LogP contribution >= 0.6 is 0 Å². The minimum absolute atomic E-state index is 0.149. The average Bonchev–Trinajstić information content (AvgIpc) is 3.19. The van der Waals surface area contributed by atoms with Gasteiger partial charge < -0.3 is 15.5 Å². The average molecular weight is 502 g/mol. The van der Waals surface area contributed by atoms with E-state index in [1.165, 1.54) is 20.9 Å². The van der Waals surface area contributed by atoms with Gasteiger partial charge in [-0.3, -0.25) is 9.69 Å². The summed E-state index contributed by atoms with van der Waals surface area (Å²) < 4.78 is 3.41. The molecule has 0 saturated heterocycles. The maximum atomic E-state index is 13.4. The van der Waals surface area contributed by atoms with E-state index in [1.54, 1.807) is 55.0 Å². The quantitative estimate of drug-likeness (QED) is 0.432. The molecule has 0 aliphatic carbocycles. The van der Waals surface area contributed by atoms with Crippen molar-refractivity contribution in [3.05, 3.63) is 64.2 Å². The van der Waals surface area contributed by atoms with Crippen LogP contribution in [-0.2, 0) is 13.0 Å². The molecular formula is C26H31N9O2. The predicted octanol–water partition coefficient (Wildman–Crippen LogP) is 3.07. The van der Waals surface area contributed by atoms with E-state index in [2.05, 4.69) is 32.7 Å². The van der Waals surface area contributed by atoms with Crippen LogP contribution in [-0.4, -0.2) is 62.9 Å². The molecule has 2 N–H and O–H groups in total. The fraction of sp³-hybridized carbons (Fsp3) is 0.346. The van der Waals surface area contributed by atoms with Gasteiger partial charge in [-0.1, -0.05) is 6.07 Å². The maximum absolute atomic E-state index is 13.4. The Bertz CT molecular complexity index is 1540. The molecule has 3 aromatic heterocycles. The molecule has 4 heterocycles. The second-order valence-corrected chi connectivity index (χ2v) is 9.63. The number of nitrogens with zero attached hydrogens (tertiary/aromatic N) is 7. The van der Waals surface area contributed by atoms with Crippen molar-refractivity contribution in [1.82, 2.24) is 34.5 Å². The molecule has 4 aromatic rings. The van der Waals surface area contributed by atoms with Gasteiger partial charge in [0, 0.05) is 57.9 Å². The second kappa shape index (κ2) is 9.66. The fourth-order valence-corrected chi connectivity index (χ4v) is 4.58. The molecule has 0 saturated carbocycles. The molecule has 2 amide bonds. The summed E-state index contributed by atoms with van der Waals surface area (Å²) in [5.41, 5.74) is 4.42. The molecule has 1 aliphatic rings. The lowest BCUT2D eigenvalue weighted by atomic mass is 10.0. The van der Waals surface area contributed by atoms with Gasteiger partial charge in [0.25, 0.3) is 5.56 Å². The van der Waals surface area contributed by atoms with Crippen molar-refractivity contribution >= 4 is 34.5 Å². The highest BCUT2D eigenvalue weighted by atomic mass is 16.2. The van der Waals surface area contributed by atoms with E-state index < -0.39 is 0 Å². The number of rotatable bonds is 5. The molecule has 0 fully saturated rings. The van der Waals surface area contributed by atoms with Gasteiger partial charge in [-0.15, -0.1) is 0 Å². The monoisotopic (exact) mass is 501 g/mol. The lowest BCUT2D eigenvalue weighted by Gasteiger charge is -2.22. The number of nitrogens with one attached hydrogen (secondary N) is 2. The largest absolute Gasteiger partial charge is 0.330 e. The smallest absolute Gasteiger partial charge is 0.324 e. The first-order valence-corrected chi connectivity index (χ1v) is 12.3. The number of benzene rings is 1. The number of aromatic nitrogens is 5. The van der Waals surface area contributed by atoms with Crippen molar-refractivity contribution in [3.8, 4) is 5.69 Å². The number of carbonyl (C=O) groups excluding carboxylic acids is 1. The standard InChI is InChI=1S/C26H31N9O2/c1-16(2)34-24(36)21-15-29-25(30-19-7-6-17-8-10-27-14-18(17)12-19)31-23(21)35(34)20-9-11-28-22(13-20)33(5)26(37)32(3)4/h6-7,9,11-13,15-16,27H,8,10,14H2,1-5H3,(H,29,30,31). The van der Waals surface area contributed by atoms with Gasteiger partial charge in [0.05, 0.1) is 5.69 Å². The van der Waals surface area contributed by atoms with Gasteiger partial charge in [0.15, 0.2) is 5.65 Å². The zero-order chi connectivity index (χ0) is 26.3. The molecule has 0 bridgehead atoms. The number of carbonyl (C=O) groups is 1. The molecule has 5 rings (SSSR count). The highest BCUT2D eigenvalue weighted by molar-refractivity contribution is 5.90. The SMILES string of the molecule is CC(C)n1c(=O)c2cnc(Nc3ccc4c(c3)CNCC4)nc2n1-c1ccnc(N(C)C(=O)N(C)C)c1. The Morgan fingerprint density at radius 2 is 1.92 bits per heavy atom. The number of urea groups is 1. The van der Waals surface area contributed by atoms with Crippen LogP contribution in [0.25, 0.3) is 16.7 Å². The van der Waals surface area contributed by atoms with Crippen LogP contribution in [0.1, 0.15) is 31.0 Å². The number of anilines is 3. The Hall–Kier alpha value is -4.25. The molecule has 11 nitrogen and oxygen atoms in total. The van der Waals surface area contributed by atoms with Crippen LogP contribution in [0.4, 0.5) is 22.2 Å². The maximum Gasteiger partial charge on any atom is 0.324 e. The van der Waals surface area contributed by atoms with E-state index in [-0.39, 0.29) is 17.6 Å². The summed E-state index contributed by atoms with van der Waals surface area (Å²) in [6, 6.07) is 9.46. The van der Waals surface area contributed by atoms with E-state index in [4.69, 9.17) is 4.98 Å². The van der Waals surface area contributed by atoms with Crippen LogP contribution in [0, 0.1) is 0 Å². The van der Waals surface area contributed by atoms with Gasteiger partial charge in [0.1, 0.15) is 11.2 Å². The lowest BCUT2D eigenvalue weighted by Crippen LogP contribution is -2.36. The third kappa shape index (κ3) is 4.53. The highest BCUT2D eigenvalue weighted by Gasteiger charge is 2.21. The summed E-state index contributed by atoms with van der Waals surface area (Å²) >= 11 is 0. The van der Waals surface area contributed by atoms with Gasteiger partial charge >= 0.3 is 6.03 Å². The molecule has 192 valence electrons. The van der Waals surface area contributed by atoms with Crippen molar-refractivity contribution in [2.75, 3.05) is 37.9 Å². The molecule has 0 atom stereocenters. The van der Waals surface area contributed by atoms with Crippen molar-refractivity contribution in [2.45, 2.75) is 32.9 Å². The van der Waals surface area contributed by atoms with Gasteiger partial charge in [-0.05, 0) is 56.1 Å². The number of fused-ring (bicyclic) bond motifs is 2. The molecular weight excluding hydrogens is 470 g/mol. The molecule has 1 aromatic carbocycles. The second-order valence-electron chi connectivity index (χ2n) is 9.63. The molecule has 0 unspecified atom stereocenters. The van der Waals surface area contributed by atoms with Crippen LogP contribution in [0.5, 0.6) is 0 Å².